The van der Waals surface area contributed by atoms with Crippen molar-refractivity contribution >= 4 is 33.8 Å². The molecule has 2 heterocycles. The molecule has 0 bridgehead atoms. The summed E-state index contributed by atoms with van der Waals surface area (Å²) in [6, 6.07) is 17.2. The highest BCUT2D eigenvalue weighted by molar-refractivity contribution is 5.97. The summed E-state index contributed by atoms with van der Waals surface area (Å²) in [4.78, 5) is 48.7. The summed E-state index contributed by atoms with van der Waals surface area (Å²) < 4.78 is 10.4. The molecule has 0 aliphatic heterocycles. The van der Waals surface area contributed by atoms with Gasteiger partial charge in [0.15, 0.2) is 0 Å². The van der Waals surface area contributed by atoms with Gasteiger partial charge in [-0.1, -0.05) is 55.7 Å². The molecule has 0 spiro atoms. The van der Waals surface area contributed by atoms with E-state index in [2.05, 4.69) is 10.6 Å². The van der Waals surface area contributed by atoms with Gasteiger partial charge in [0.1, 0.15) is 22.3 Å². The third kappa shape index (κ3) is 6.03. The minimum absolute atomic E-state index is 0.000100. The van der Waals surface area contributed by atoms with E-state index in [0.717, 1.165) is 32.1 Å². The van der Waals surface area contributed by atoms with E-state index in [9.17, 15) is 19.2 Å². The first kappa shape index (κ1) is 23.9. The second-order valence-corrected chi connectivity index (χ2v) is 8.25. The molecule has 0 radical (unpaired) electrons. The fourth-order valence-corrected chi connectivity index (χ4v) is 3.82. The molecule has 0 saturated carbocycles. The third-order valence-electron chi connectivity index (χ3n) is 5.70. The number of hydrogen-bond donors (Lipinski definition) is 2. The highest BCUT2D eigenvalue weighted by Crippen LogP contribution is 2.13. The summed E-state index contributed by atoms with van der Waals surface area (Å²) in [6.45, 7) is 0.916. The Balaban J connectivity index is 1.12. The molecule has 4 aromatic rings. The number of carbonyl (C=O) groups is 2. The Morgan fingerprint density at radius 3 is 1.46 bits per heavy atom. The average molecular weight is 475 g/mol. The van der Waals surface area contributed by atoms with Crippen LogP contribution < -0.4 is 21.9 Å². The lowest BCUT2D eigenvalue weighted by Crippen LogP contribution is -2.29. The monoisotopic (exact) mass is 474 g/mol. The maximum atomic E-state index is 12.3. The largest absolute Gasteiger partial charge is 0.422 e. The van der Waals surface area contributed by atoms with Crippen LogP contribution in [0.4, 0.5) is 0 Å². The Morgan fingerprint density at radius 2 is 1.00 bits per heavy atom. The molecule has 2 aromatic carbocycles. The fourth-order valence-electron chi connectivity index (χ4n) is 3.82. The van der Waals surface area contributed by atoms with Crippen molar-refractivity contribution in [2.24, 2.45) is 0 Å². The van der Waals surface area contributed by atoms with Crippen LogP contribution in [0.5, 0.6) is 0 Å². The predicted octanol–water partition coefficient (Wildman–Crippen LogP) is 4.01. The second kappa shape index (κ2) is 11.3. The Hall–Kier alpha value is -4.20. The molecule has 0 aliphatic rings. The van der Waals surface area contributed by atoms with Crippen LogP contribution in [-0.2, 0) is 0 Å². The second-order valence-electron chi connectivity index (χ2n) is 8.25. The molecule has 2 amide bonds. The number of nitrogens with one attached hydrogen (secondary N) is 2. The van der Waals surface area contributed by atoms with Crippen molar-refractivity contribution in [3.8, 4) is 0 Å². The van der Waals surface area contributed by atoms with Crippen LogP contribution in [-0.4, -0.2) is 24.9 Å². The van der Waals surface area contributed by atoms with E-state index in [-0.39, 0.29) is 11.1 Å². The summed E-state index contributed by atoms with van der Waals surface area (Å²) in [5.41, 5.74) is -0.397. The van der Waals surface area contributed by atoms with E-state index in [0.29, 0.717) is 35.0 Å². The number of para-hydroxylation sites is 2. The number of fused-ring (bicyclic) bond motifs is 2. The number of hydrogen-bond acceptors (Lipinski definition) is 6. The van der Waals surface area contributed by atoms with Gasteiger partial charge in [-0.3, -0.25) is 9.59 Å². The average Bonchev–Trinajstić information content (AvgIpc) is 2.86. The van der Waals surface area contributed by atoms with Crippen molar-refractivity contribution in [2.45, 2.75) is 32.1 Å². The summed E-state index contributed by atoms with van der Waals surface area (Å²) in [5.74, 6) is -0.879. The smallest absolute Gasteiger partial charge is 0.349 e. The van der Waals surface area contributed by atoms with Gasteiger partial charge in [-0.05, 0) is 37.1 Å². The van der Waals surface area contributed by atoms with E-state index in [4.69, 9.17) is 8.83 Å². The summed E-state index contributed by atoms with van der Waals surface area (Å²) in [5, 5.41) is 6.93. The zero-order valence-electron chi connectivity index (χ0n) is 19.2. The molecular weight excluding hydrogens is 448 g/mol. The highest BCUT2D eigenvalue weighted by Gasteiger charge is 2.14. The maximum Gasteiger partial charge on any atom is 0.349 e. The standard InChI is InChI=1S/C27H26N2O6/c30-24(20-16-18-10-4-6-12-22(18)34-26(20)32)28-14-8-2-1-3-9-15-29-25(31)21-17-19-11-5-7-13-23(19)35-27(21)33/h4-7,10-13,16-17H,1-3,8-9,14-15H2,(H,28,30)(H,29,31). The molecule has 0 fully saturated rings. The number of rotatable bonds is 10. The van der Waals surface area contributed by atoms with Gasteiger partial charge < -0.3 is 19.5 Å². The van der Waals surface area contributed by atoms with Gasteiger partial charge in [0.2, 0.25) is 0 Å². The van der Waals surface area contributed by atoms with Gasteiger partial charge in [-0.2, -0.15) is 0 Å². The highest BCUT2D eigenvalue weighted by atomic mass is 16.4. The first-order valence-corrected chi connectivity index (χ1v) is 11.6. The Kier molecular flexibility index (Phi) is 7.72. The third-order valence-corrected chi connectivity index (χ3v) is 5.70. The first-order chi connectivity index (χ1) is 17.0. The lowest BCUT2D eigenvalue weighted by molar-refractivity contribution is 0.0941. The number of unbranched alkanes of at least 4 members (excludes halogenated alkanes) is 4. The molecule has 0 saturated heterocycles. The van der Waals surface area contributed by atoms with E-state index < -0.39 is 23.1 Å². The van der Waals surface area contributed by atoms with Crippen molar-refractivity contribution in [2.75, 3.05) is 13.1 Å². The maximum absolute atomic E-state index is 12.3. The predicted molar refractivity (Wildman–Crippen MR) is 133 cm³/mol. The molecule has 0 atom stereocenters. The van der Waals surface area contributed by atoms with Crippen LogP contribution in [0.15, 0.2) is 79.1 Å². The Bertz CT molecular complexity index is 1360. The number of benzene rings is 2. The molecule has 0 aliphatic carbocycles. The molecular formula is C27H26N2O6. The van der Waals surface area contributed by atoms with E-state index >= 15 is 0 Å². The van der Waals surface area contributed by atoms with Crippen LogP contribution >= 0.6 is 0 Å². The summed E-state index contributed by atoms with van der Waals surface area (Å²) in [7, 11) is 0. The zero-order valence-corrected chi connectivity index (χ0v) is 19.2. The van der Waals surface area contributed by atoms with Gasteiger partial charge in [-0.25, -0.2) is 9.59 Å². The van der Waals surface area contributed by atoms with Gasteiger partial charge in [0, 0.05) is 23.9 Å². The van der Waals surface area contributed by atoms with E-state index in [1.165, 1.54) is 0 Å². The van der Waals surface area contributed by atoms with Crippen LogP contribution in [0.25, 0.3) is 21.9 Å². The van der Waals surface area contributed by atoms with Crippen LogP contribution in [0.3, 0.4) is 0 Å². The lowest BCUT2D eigenvalue weighted by atomic mass is 10.1. The molecule has 2 N–H and O–H groups in total. The molecule has 180 valence electrons. The molecule has 8 nitrogen and oxygen atoms in total. The zero-order chi connectivity index (χ0) is 24.6. The van der Waals surface area contributed by atoms with E-state index in [1.807, 2.05) is 12.1 Å². The van der Waals surface area contributed by atoms with Crippen LogP contribution in [0, 0.1) is 0 Å². The topological polar surface area (TPSA) is 119 Å². The fraction of sp³-hybridized carbons (Fsp3) is 0.259. The minimum atomic E-state index is -0.648. The van der Waals surface area contributed by atoms with Gasteiger partial charge in [0.25, 0.3) is 11.8 Å². The quantitative estimate of drug-likeness (QED) is 0.265. The molecule has 4 rings (SSSR count). The van der Waals surface area contributed by atoms with Gasteiger partial charge >= 0.3 is 11.3 Å². The van der Waals surface area contributed by atoms with Crippen LogP contribution in [0.1, 0.15) is 52.8 Å². The van der Waals surface area contributed by atoms with Crippen LogP contribution in [0.2, 0.25) is 0 Å². The van der Waals surface area contributed by atoms with Crippen molar-refractivity contribution in [1.82, 2.24) is 10.6 Å². The molecule has 0 unspecified atom stereocenters. The number of amides is 2. The minimum Gasteiger partial charge on any atom is -0.422 e. The van der Waals surface area contributed by atoms with Gasteiger partial charge in [-0.15, -0.1) is 0 Å². The summed E-state index contributed by atoms with van der Waals surface area (Å²) in [6.07, 6.45) is 4.27. The lowest BCUT2D eigenvalue weighted by Gasteiger charge is -2.07. The van der Waals surface area contributed by atoms with Crippen molar-refractivity contribution in [1.29, 1.82) is 0 Å². The first-order valence-electron chi connectivity index (χ1n) is 11.6. The van der Waals surface area contributed by atoms with Crippen molar-refractivity contribution in [3.63, 3.8) is 0 Å². The normalized spacial score (nSPS) is 11.0. The van der Waals surface area contributed by atoms with Gasteiger partial charge in [0.05, 0.1) is 0 Å². The van der Waals surface area contributed by atoms with Crippen molar-refractivity contribution in [3.05, 3.63) is 92.6 Å². The van der Waals surface area contributed by atoms with E-state index in [1.54, 1.807) is 48.5 Å². The summed E-state index contributed by atoms with van der Waals surface area (Å²) >= 11 is 0. The molecule has 8 heteroatoms. The van der Waals surface area contributed by atoms with Crippen molar-refractivity contribution < 1.29 is 18.4 Å². The number of carbonyl (C=O) groups excluding carboxylic acids is 2. The SMILES string of the molecule is O=C(NCCCCCCCNC(=O)c1cc2ccccc2oc1=O)c1cc2ccccc2oc1=O. The molecule has 2 aromatic heterocycles. The Labute approximate surface area is 200 Å². The Morgan fingerprint density at radius 1 is 0.600 bits per heavy atom. The molecule has 35 heavy (non-hydrogen) atoms.